The van der Waals surface area contributed by atoms with Crippen molar-refractivity contribution in [3.8, 4) is 129 Å². The topological polar surface area (TPSA) is 62.5 Å². The molecule has 0 saturated heterocycles. The van der Waals surface area contributed by atoms with Crippen LogP contribution in [0.2, 0.25) is 0 Å². The molecule has 0 radical (unpaired) electrons. The third-order valence-corrected chi connectivity index (χ3v) is 13.5. The Morgan fingerprint density at radius 3 is 1.09 bits per heavy atom. The molecule has 0 fully saturated rings. The van der Waals surface area contributed by atoms with Gasteiger partial charge in [0.15, 0.2) is 0 Å². The van der Waals surface area contributed by atoms with E-state index in [1.54, 1.807) is 12.1 Å². The van der Waals surface area contributed by atoms with Crippen LogP contribution in [-0.2, 0) is 20.1 Å². The van der Waals surface area contributed by atoms with Gasteiger partial charge in [-0.3, -0.25) is 0 Å². The van der Waals surface area contributed by atoms with E-state index in [4.69, 9.17) is 15.0 Å². The van der Waals surface area contributed by atoms with Crippen LogP contribution in [0.1, 0.15) is 5.56 Å². The van der Waals surface area contributed by atoms with Crippen molar-refractivity contribution in [1.29, 1.82) is 5.26 Å². The third-order valence-electron chi connectivity index (χ3n) is 13.5. The first-order valence-electron chi connectivity index (χ1n) is 24.5. The molecule has 0 bridgehead atoms. The Kier molecular flexibility index (Phi) is 13.9. The fourth-order valence-electron chi connectivity index (χ4n) is 9.71. The van der Waals surface area contributed by atoms with Crippen LogP contribution in [0.15, 0.2) is 261 Å². The van der Waals surface area contributed by atoms with Crippen molar-refractivity contribution in [2.75, 3.05) is 0 Å². The number of rotatable bonds is 11. The van der Waals surface area contributed by atoms with Gasteiger partial charge >= 0.3 is 20.1 Å². The smallest absolute Gasteiger partial charge is 0.304 e. The van der Waals surface area contributed by atoms with Crippen LogP contribution in [0, 0.1) is 29.5 Å². The summed E-state index contributed by atoms with van der Waals surface area (Å²) in [6, 6.07) is 96.1. The number of aromatic nitrogens is 3. The van der Waals surface area contributed by atoms with Crippen LogP contribution in [0.3, 0.4) is 0 Å². The van der Waals surface area contributed by atoms with Crippen LogP contribution in [0.5, 0.6) is 0 Å². The second kappa shape index (κ2) is 21.7. The molecule has 0 aliphatic heterocycles. The summed E-state index contributed by atoms with van der Waals surface area (Å²) in [6.07, 6.45) is 5.85. The molecule has 0 aliphatic rings. The van der Waals surface area contributed by atoms with Crippen molar-refractivity contribution in [3.05, 3.63) is 285 Å². The second-order valence-corrected chi connectivity index (χ2v) is 18.0. The van der Waals surface area contributed by atoms with Gasteiger partial charge in [-0.05, 0) is 124 Å². The van der Waals surface area contributed by atoms with Crippen molar-refractivity contribution in [2.24, 2.45) is 0 Å². The zero-order valence-corrected chi connectivity index (χ0v) is 42.8. The molecule has 3 aromatic heterocycles. The summed E-state index contributed by atoms with van der Waals surface area (Å²) in [5, 5.41) is 9.54. The number of nitrogens with zero attached hydrogens (tertiary/aromatic N) is 4. The molecule has 3 heterocycles. The first kappa shape index (κ1) is 47.9. The number of hydrogen-bond donors (Lipinski definition) is 0. The van der Waals surface area contributed by atoms with Gasteiger partial charge in [0.05, 0.1) is 6.07 Å². The van der Waals surface area contributed by atoms with Gasteiger partial charge in [-0.2, -0.15) is 5.26 Å². The molecule has 0 amide bonds. The van der Waals surface area contributed by atoms with Crippen molar-refractivity contribution < 1.29 is 20.1 Å². The summed E-state index contributed by atoms with van der Waals surface area (Å²) >= 11 is 0. The van der Waals surface area contributed by atoms with Crippen LogP contribution >= 0.6 is 0 Å². The number of pyridine rings is 3. The SMILES string of the molecule is N#Cc1cc[c-]c(-c2ccc(-c3ccccc3-c3cc(-c4ccccc4-c4ccc(-c5[c-]cccc5)nc4)cc(-c4ccccc4-c4ccc(-c5[c-]ccc(-c6ccc(-c7ccccc7)cc6)c5)nc4)c3)cn2)c1.[Ir+3]. The Hall–Kier alpha value is -9.43. The Bertz CT molecular complexity index is 3980. The maximum absolute atomic E-state index is 9.54. The maximum atomic E-state index is 9.54. The molecule has 352 valence electrons. The van der Waals surface area contributed by atoms with Crippen LogP contribution in [-0.4, -0.2) is 15.0 Å². The van der Waals surface area contributed by atoms with E-state index < -0.39 is 0 Å². The molecule has 0 atom stereocenters. The minimum atomic E-state index is 0. The summed E-state index contributed by atoms with van der Waals surface area (Å²) in [5.74, 6) is 0. The predicted molar refractivity (Wildman–Crippen MR) is 301 cm³/mol. The molecule has 0 spiro atoms. The minimum Gasteiger partial charge on any atom is -0.304 e. The largest absolute Gasteiger partial charge is 3.00 e. The van der Waals surface area contributed by atoms with Gasteiger partial charge in [0.25, 0.3) is 0 Å². The molecule has 5 heteroatoms. The van der Waals surface area contributed by atoms with E-state index in [1.165, 1.54) is 11.1 Å². The molecule has 75 heavy (non-hydrogen) atoms. The van der Waals surface area contributed by atoms with Crippen molar-refractivity contribution in [1.82, 2.24) is 15.0 Å². The average Bonchev–Trinajstić information content (AvgIpc) is 3.50. The van der Waals surface area contributed by atoms with Crippen LogP contribution in [0.25, 0.3) is 123 Å². The van der Waals surface area contributed by atoms with Gasteiger partial charge in [0, 0.05) is 18.6 Å². The molecule has 12 rings (SSSR count). The van der Waals surface area contributed by atoms with E-state index >= 15 is 0 Å². The molecule has 4 nitrogen and oxygen atoms in total. The first-order chi connectivity index (χ1) is 36.6. The maximum Gasteiger partial charge on any atom is 3.00 e. The number of nitriles is 1. The van der Waals surface area contributed by atoms with Gasteiger partial charge in [0.2, 0.25) is 0 Å². The summed E-state index contributed by atoms with van der Waals surface area (Å²) in [5.41, 5.74) is 23.0. The first-order valence-corrected chi connectivity index (χ1v) is 24.5. The fourth-order valence-corrected chi connectivity index (χ4v) is 9.71. The van der Waals surface area contributed by atoms with E-state index in [-0.39, 0.29) is 20.1 Å². The molecule has 12 aromatic rings. The van der Waals surface area contributed by atoms with Gasteiger partial charge in [-0.1, -0.05) is 164 Å². The Labute approximate surface area is 451 Å². The Morgan fingerprint density at radius 2 is 0.653 bits per heavy atom. The van der Waals surface area contributed by atoms with Gasteiger partial charge in [-0.25, -0.2) is 0 Å². The van der Waals surface area contributed by atoms with Gasteiger partial charge in [-0.15, -0.1) is 101 Å². The monoisotopic (exact) mass is 1130 g/mol. The molecule has 9 aromatic carbocycles. The fraction of sp³-hybridized carbons (Fsp3) is 0. The van der Waals surface area contributed by atoms with E-state index in [0.29, 0.717) is 5.56 Å². The van der Waals surface area contributed by atoms with Crippen LogP contribution < -0.4 is 0 Å². The molecule has 0 saturated carbocycles. The Morgan fingerprint density at radius 1 is 0.280 bits per heavy atom. The van der Waals surface area contributed by atoms with Gasteiger partial charge < -0.3 is 15.0 Å². The molecule has 0 aliphatic carbocycles. The molecular weight excluding hydrogens is 1090 g/mol. The standard InChI is InChI=1S/C70H43N4.Ir/c71-44-48-15-13-21-54(39-48)69-37-34-57(46-73-69)63-24-8-11-27-66(63)60-41-59(65-26-10-7-23-62(65)56-33-36-68(72-45-56)52-18-5-2-6-19-52)42-61(43-60)67-28-12-9-25-64(67)58-35-38-70(74-47-58)55-22-14-20-53(40-55)51-31-29-50(30-32-51)49-16-3-1-4-17-49;/h1-18,20,23-43,45-47H;/q-3;+3. The summed E-state index contributed by atoms with van der Waals surface area (Å²) in [6.45, 7) is 0. The normalized spacial score (nSPS) is 10.8. The molecular formula is C70H43IrN4. The Balaban J connectivity index is 0.00000602. The third kappa shape index (κ3) is 10.2. The van der Waals surface area contributed by atoms with E-state index in [9.17, 15) is 5.26 Å². The number of hydrogen-bond acceptors (Lipinski definition) is 4. The zero-order chi connectivity index (χ0) is 49.6. The van der Waals surface area contributed by atoms with Crippen molar-refractivity contribution in [2.45, 2.75) is 0 Å². The summed E-state index contributed by atoms with van der Waals surface area (Å²) in [4.78, 5) is 14.9. The van der Waals surface area contributed by atoms with Crippen molar-refractivity contribution in [3.63, 3.8) is 0 Å². The second-order valence-electron chi connectivity index (χ2n) is 18.0. The zero-order valence-electron chi connectivity index (χ0n) is 40.4. The molecule has 0 N–H and O–H groups in total. The van der Waals surface area contributed by atoms with Gasteiger partial charge in [0.1, 0.15) is 0 Å². The predicted octanol–water partition coefficient (Wildman–Crippen LogP) is 17.5. The quantitative estimate of drug-likeness (QED) is 0.121. The average molecular weight is 1130 g/mol. The summed E-state index contributed by atoms with van der Waals surface area (Å²) < 4.78 is 0. The minimum absolute atomic E-state index is 0. The summed E-state index contributed by atoms with van der Waals surface area (Å²) in [7, 11) is 0. The van der Waals surface area contributed by atoms with Crippen molar-refractivity contribution >= 4 is 0 Å². The van der Waals surface area contributed by atoms with E-state index in [1.807, 2.05) is 67.1 Å². The van der Waals surface area contributed by atoms with Crippen LogP contribution in [0.4, 0.5) is 0 Å². The van der Waals surface area contributed by atoms with E-state index in [0.717, 1.165) is 112 Å². The molecule has 0 unspecified atom stereocenters. The number of benzene rings is 9. The van der Waals surface area contributed by atoms with E-state index in [2.05, 4.69) is 206 Å².